The molecule has 1 aliphatic rings. The number of halogens is 1. The number of pyridine rings is 1. The van der Waals surface area contributed by atoms with Gasteiger partial charge in [0, 0.05) is 19.0 Å². The van der Waals surface area contributed by atoms with Crippen LogP contribution < -0.4 is 16.0 Å². The Bertz CT molecular complexity index is 1380. The molecule has 2 aromatic heterocycles. The molecule has 3 N–H and O–H groups in total. The Kier molecular flexibility index (Phi) is 8.26. The normalized spacial score (nSPS) is 13.9. The van der Waals surface area contributed by atoms with Crippen molar-refractivity contribution in [3.63, 3.8) is 0 Å². The van der Waals surface area contributed by atoms with Crippen LogP contribution in [-0.4, -0.2) is 40.6 Å². The number of nitrogens with one attached hydrogen (secondary N) is 3. The van der Waals surface area contributed by atoms with Gasteiger partial charge in [-0.15, -0.1) is 0 Å². The Morgan fingerprint density at radius 2 is 1.79 bits per heavy atom. The number of ether oxygens (including phenoxy) is 2. The van der Waals surface area contributed by atoms with Crippen molar-refractivity contribution in [1.29, 1.82) is 0 Å². The molecule has 12 heteroatoms. The van der Waals surface area contributed by atoms with Crippen molar-refractivity contribution in [2.24, 2.45) is 5.92 Å². The van der Waals surface area contributed by atoms with E-state index in [4.69, 9.17) is 9.47 Å². The monoisotopic (exact) mass is 555 g/mol. The van der Waals surface area contributed by atoms with E-state index >= 15 is 0 Å². The van der Waals surface area contributed by atoms with Crippen LogP contribution in [0.3, 0.4) is 0 Å². The van der Waals surface area contributed by atoms with Crippen molar-refractivity contribution in [2.75, 3.05) is 23.1 Å². The third-order valence-corrected chi connectivity index (χ3v) is 6.72. The average Bonchev–Trinajstić information content (AvgIpc) is 3.58. The van der Waals surface area contributed by atoms with E-state index in [0.717, 1.165) is 29.7 Å². The lowest BCUT2D eigenvalue weighted by atomic mass is 10.1. The van der Waals surface area contributed by atoms with Gasteiger partial charge in [-0.1, -0.05) is 17.4 Å². The summed E-state index contributed by atoms with van der Waals surface area (Å²) in [5, 5.41) is 7.92. The number of amides is 3. The summed E-state index contributed by atoms with van der Waals surface area (Å²) in [5.74, 6) is -1.25. The first-order valence-electron chi connectivity index (χ1n) is 12.3. The number of hydrogen-bond donors (Lipinski definition) is 3. The highest BCUT2D eigenvalue weighted by molar-refractivity contribution is 7.17. The minimum atomic E-state index is -0.741. The van der Waals surface area contributed by atoms with Crippen LogP contribution >= 0.6 is 11.3 Å². The Balaban J connectivity index is 1.42. The Hall–Kier alpha value is -3.90. The number of nitrogens with zero attached hydrogens (tertiary/aromatic N) is 2. The second-order valence-corrected chi connectivity index (χ2v) is 11.2. The highest BCUT2D eigenvalue weighted by Gasteiger charge is 2.32. The third-order valence-electron chi connectivity index (χ3n) is 5.80. The first-order valence-corrected chi connectivity index (χ1v) is 13.1. The Labute approximate surface area is 229 Å². The summed E-state index contributed by atoms with van der Waals surface area (Å²) in [6.07, 6.45) is 4.42. The molecule has 3 amide bonds. The summed E-state index contributed by atoms with van der Waals surface area (Å²) >= 11 is 0.940. The van der Waals surface area contributed by atoms with Crippen LogP contribution in [0.5, 0.6) is 0 Å². The molecule has 1 saturated carbocycles. The van der Waals surface area contributed by atoms with Crippen molar-refractivity contribution < 1.29 is 28.2 Å². The van der Waals surface area contributed by atoms with E-state index in [9.17, 15) is 18.8 Å². The SMILES string of the molecule is COC(c1ccc(NC(=O)c2cc(NC(=O)c3cnc(NC(=O)OC(C)(C)C)s3)c(C)cc2F)nc1)C1CC1. The second-order valence-electron chi connectivity index (χ2n) is 10.2. The molecule has 0 aliphatic heterocycles. The average molecular weight is 556 g/mol. The van der Waals surface area contributed by atoms with E-state index in [1.54, 1.807) is 47.1 Å². The minimum absolute atomic E-state index is 0.0364. The van der Waals surface area contributed by atoms with Crippen LogP contribution in [0.25, 0.3) is 0 Å². The molecule has 206 valence electrons. The smallest absolute Gasteiger partial charge is 0.413 e. The number of methoxy groups -OCH3 is 1. The maximum Gasteiger partial charge on any atom is 0.413 e. The zero-order valence-corrected chi connectivity index (χ0v) is 23.1. The molecule has 2 heterocycles. The molecule has 10 nitrogen and oxygen atoms in total. The maximum atomic E-state index is 14.7. The number of carbonyl (C=O) groups is 3. The van der Waals surface area contributed by atoms with Crippen molar-refractivity contribution in [3.8, 4) is 0 Å². The molecular weight excluding hydrogens is 525 g/mol. The standard InChI is InChI=1S/C27H30FN5O5S/c1-14-10-18(28)17(23(34)32-21-9-8-16(12-29-21)22(37-5)15-6-7-15)11-19(14)31-24(35)20-13-30-25(39-20)33-26(36)38-27(2,3)4/h8-13,15,22H,6-7H2,1-5H3,(H,31,35)(H,29,32,34)(H,30,33,36). The van der Waals surface area contributed by atoms with Crippen molar-refractivity contribution in [2.45, 2.75) is 52.2 Å². The van der Waals surface area contributed by atoms with Gasteiger partial charge < -0.3 is 20.1 Å². The van der Waals surface area contributed by atoms with Crippen molar-refractivity contribution >= 4 is 45.9 Å². The van der Waals surface area contributed by atoms with Crippen LogP contribution in [-0.2, 0) is 9.47 Å². The number of hydrogen-bond acceptors (Lipinski definition) is 8. The minimum Gasteiger partial charge on any atom is -0.444 e. The number of thiazole rings is 1. The van der Waals surface area contributed by atoms with Crippen LogP contribution in [0.4, 0.5) is 25.8 Å². The van der Waals surface area contributed by atoms with Crippen LogP contribution in [0, 0.1) is 18.7 Å². The van der Waals surface area contributed by atoms with E-state index in [0.29, 0.717) is 11.5 Å². The fourth-order valence-corrected chi connectivity index (χ4v) is 4.52. The highest BCUT2D eigenvalue weighted by atomic mass is 32.1. The number of aromatic nitrogens is 2. The fourth-order valence-electron chi connectivity index (χ4n) is 3.82. The highest BCUT2D eigenvalue weighted by Crippen LogP contribution is 2.42. The van der Waals surface area contributed by atoms with Gasteiger partial charge >= 0.3 is 6.09 Å². The van der Waals surface area contributed by atoms with Gasteiger partial charge in [0.15, 0.2) is 5.13 Å². The number of rotatable bonds is 8. The van der Waals surface area contributed by atoms with Gasteiger partial charge in [-0.2, -0.15) is 0 Å². The second kappa shape index (κ2) is 11.5. The van der Waals surface area contributed by atoms with Gasteiger partial charge in [0.25, 0.3) is 11.8 Å². The molecule has 0 saturated heterocycles. The van der Waals surface area contributed by atoms with Crippen LogP contribution in [0.1, 0.15) is 70.9 Å². The van der Waals surface area contributed by atoms with E-state index in [1.165, 1.54) is 18.3 Å². The quantitative estimate of drug-likeness (QED) is 0.314. The van der Waals surface area contributed by atoms with Gasteiger partial charge in [-0.3, -0.25) is 14.9 Å². The van der Waals surface area contributed by atoms with E-state index in [1.807, 2.05) is 6.07 Å². The van der Waals surface area contributed by atoms with Gasteiger partial charge in [0.05, 0.1) is 17.9 Å². The van der Waals surface area contributed by atoms with Crippen LogP contribution in [0.15, 0.2) is 36.7 Å². The molecule has 39 heavy (non-hydrogen) atoms. The number of benzene rings is 1. The number of carbonyl (C=O) groups excluding carboxylic acids is 3. The Morgan fingerprint density at radius 3 is 2.41 bits per heavy atom. The predicted octanol–water partition coefficient (Wildman–Crippen LogP) is 5.93. The van der Waals surface area contributed by atoms with E-state index in [2.05, 4.69) is 25.9 Å². The summed E-state index contributed by atoms with van der Waals surface area (Å²) in [4.78, 5) is 46.1. The summed E-state index contributed by atoms with van der Waals surface area (Å²) < 4.78 is 25.5. The zero-order chi connectivity index (χ0) is 28.3. The molecule has 0 bridgehead atoms. The molecule has 1 fully saturated rings. The van der Waals surface area contributed by atoms with Crippen LogP contribution in [0.2, 0.25) is 0 Å². The molecule has 1 unspecified atom stereocenters. The van der Waals surface area contributed by atoms with Crippen molar-refractivity contribution in [1.82, 2.24) is 9.97 Å². The molecule has 1 aromatic carbocycles. The topological polar surface area (TPSA) is 132 Å². The molecule has 0 spiro atoms. The summed E-state index contributed by atoms with van der Waals surface area (Å²) in [5.41, 5.74) is 0.636. The predicted molar refractivity (Wildman–Crippen MR) is 146 cm³/mol. The lowest BCUT2D eigenvalue weighted by Crippen LogP contribution is -2.27. The molecule has 1 atom stereocenters. The Morgan fingerprint density at radius 1 is 1.05 bits per heavy atom. The molecule has 3 aromatic rings. The summed E-state index contributed by atoms with van der Waals surface area (Å²) in [6, 6.07) is 5.90. The van der Waals surface area contributed by atoms with E-state index in [-0.39, 0.29) is 33.2 Å². The first-order chi connectivity index (χ1) is 18.4. The first kappa shape index (κ1) is 28.1. The van der Waals surface area contributed by atoms with E-state index < -0.39 is 29.3 Å². The molecule has 0 radical (unpaired) electrons. The van der Waals surface area contributed by atoms with Gasteiger partial charge in [-0.05, 0) is 75.8 Å². The van der Waals surface area contributed by atoms with Gasteiger partial charge in [-0.25, -0.2) is 19.2 Å². The lowest BCUT2D eigenvalue weighted by Gasteiger charge is -2.18. The summed E-state index contributed by atoms with van der Waals surface area (Å²) in [7, 11) is 1.66. The van der Waals surface area contributed by atoms with Gasteiger partial charge in [0.1, 0.15) is 22.1 Å². The maximum absolute atomic E-state index is 14.7. The third kappa shape index (κ3) is 7.36. The molecule has 4 rings (SSSR count). The lowest BCUT2D eigenvalue weighted by molar-refractivity contribution is 0.0635. The summed E-state index contributed by atoms with van der Waals surface area (Å²) in [6.45, 7) is 6.79. The van der Waals surface area contributed by atoms with Crippen molar-refractivity contribution in [3.05, 3.63) is 64.0 Å². The fraction of sp³-hybridized carbons (Fsp3) is 0.370. The largest absolute Gasteiger partial charge is 0.444 e. The van der Waals surface area contributed by atoms with Gasteiger partial charge in [0.2, 0.25) is 0 Å². The zero-order valence-electron chi connectivity index (χ0n) is 22.3. The molecule has 1 aliphatic carbocycles. The number of aryl methyl sites for hydroxylation is 1. The number of anilines is 3. The molecular formula is C27H30FN5O5S.